The Hall–Kier alpha value is -2.78. The third kappa shape index (κ3) is 4.93. The monoisotopic (exact) mass is 416 g/mol. The van der Waals surface area contributed by atoms with E-state index < -0.39 is 5.97 Å². The number of aromatic nitrogens is 2. The number of benzene rings is 1. The Kier molecular flexibility index (Phi) is 6.37. The Labute approximate surface area is 170 Å². The van der Waals surface area contributed by atoms with Gasteiger partial charge in [0.2, 0.25) is 5.91 Å². The van der Waals surface area contributed by atoms with Crippen molar-refractivity contribution in [3.63, 3.8) is 0 Å². The van der Waals surface area contributed by atoms with E-state index in [-0.39, 0.29) is 18.9 Å². The zero-order chi connectivity index (χ0) is 20.1. The second-order valence-corrected chi connectivity index (χ2v) is 7.84. The van der Waals surface area contributed by atoms with Crippen LogP contribution in [0.4, 0.5) is 10.7 Å². The van der Waals surface area contributed by atoms with E-state index in [9.17, 15) is 9.59 Å². The van der Waals surface area contributed by atoms with E-state index in [1.54, 1.807) is 19.4 Å². The summed E-state index contributed by atoms with van der Waals surface area (Å²) in [6.45, 7) is 3.81. The van der Waals surface area contributed by atoms with Crippen molar-refractivity contribution in [2.45, 2.75) is 26.9 Å². The number of anilines is 2. The summed E-state index contributed by atoms with van der Waals surface area (Å²) in [5, 5.41) is 8.92. The molecule has 0 spiro atoms. The smallest absolute Gasteiger partial charge is 0.343 e. The van der Waals surface area contributed by atoms with Crippen LogP contribution in [0.5, 0.6) is 0 Å². The Bertz CT molecular complexity index is 979. The minimum Gasteiger partial charge on any atom is -0.455 e. The van der Waals surface area contributed by atoms with E-state index in [0.29, 0.717) is 27.0 Å². The van der Waals surface area contributed by atoms with Crippen molar-refractivity contribution in [3.05, 3.63) is 57.2 Å². The highest BCUT2D eigenvalue weighted by atomic mass is 32.1. The maximum Gasteiger partial charge on any atom is 0.343 e. The second kappa shape index (κ2) is 8.94. The van der Waals surface area contributed by atoms with Crippen LogP contribution in [-0.2, 0) is 22.6 Å². The van der Waals surface area contributed by atoms with E-state index in [1.165, 1.54) is 22.9 Å². The Morgan fingerprint density at radius 2 is 1.93 bits per heavy atom. The number of rotatable bonds is 7. The highest BCUT2D eigenvalue weighted by Gasteiger charge is 2.19. The van der Waals surface area contributed by atoms with Crippen molar-refractivity contribution in [1.29, 1.82) is 0 Å². The van der Waals surface area contributed by atoms with Crippen LogP contribution in [0, 0.1) is 13.8 Å². The lowest BCUT2D eigenvalue weighted by Crippen LogP contribution is -2.14. The van der Waals surface area contributed by atoms with Crippen molar-refractivity contribution in [1.82, 2.24) is 9.36 Å². The first kappa shape index (κ1) is 20.0. The number of nitrogens with zero attached hydrogens (tertiary/aromatic N) is 2. The van der Waals surface area contributed by atoms with Crippen molar-refractivity contribution >= 4 is 45.4 Å². The molecule has 0 aliphatic heterocycles. The summed E-state index contributed by atoms with van der Waals surface area (Å²) in [6.07, 6.45) is 0.171. The van der Waals surface area contributed by atoms with Gasteiger partial charge in [-0.15, -0.1) is 11.3 Å². The molecule has 3 rings (SSSR count). The molecule has 2 heterocycles. The zero-order valence-corrected chi connectivity index (χ0v) is 17.4. The molecule has 1 amide bonds. The van der Waals surface area contributed by atoms with Crippen molar-refractivity contribution in [2.24, 2.45) is 0 Å². The highest BCUT2D eigenvalue weighted by Crippen LogP contribution is 2.25. The molecule has 1 aromatic carbocycles. The van der Waals surface area contributed by atoms with Crippen LogP contribution in [0.3, 0.4) is 0 Å². The predicted molar refractivity (Wildman–Crippen MR) is 111 cm³/mol. The van der Waals surface area contributed by atoms with Gasteiger partial charge in [-0.25, -0.2) is 9.78 Å². The molecule has 0 atom stereocenters. The summed E-state index contributed by atoms with van der Waals surface area (Å²) in [6, 6.07) is 7.60. The molecule has 0 fully saturated rings. The van der Waals surface area contributed by atoms with Crippen LogP contribution < -0.4 is 10.6 Å². The number of hydrogen-bond donors (Lipinski definition) is 2. The maximum absolute atomic E-state index is 12.3. The van der Waals surface area contributed by atoms with Gasteiger partial charge in [0.05, 0.1) is 17.8 Å². The van der Waals surface area contributed by atoms with E-state index in [0.717, 1.165) is 11.3 Å². The molecule has 0 saturated carbocycles. The van der Waals surface area contributed by atoms with Gasteiger partial charge >= 0.3 is 5.97 Å². The third-order valence-electron chi connectivity index (χ3n) is 3.89. The minimum absolute atomic E-state index is 0.0490. The quantitative estimate of drug-likeness (QED) is 0.569. The number of nitrogens with one attached hydrogen (secondary N) is 2. The molecule has 0 aliphatic carbocycles. The van der Waals surface area contributed by atoms with Crippen LogP contribution in [0.2, 0.25) is 0 Å². The van der Waals surface area contributed by atoms with E-state index >= 15 is 0 Å². The summed E-state index contributed by atoms with van der Waals surface area (Å²) >= 11 is 2.58. The van der Waals surface area contributed by atoms with Gasteiger partial charge in [0.15, 0.2) is 0 Å². The van der Waals surface area contributed by atoms with Crippen molar-refractivity contribution in [3.8, 4) is 0 Å². The maximum atomic E-state index is 12.3. The van der Waals surface area contributed by atoms with Crippen LogP contribution in [0.25, 0.3) is 0 Å². The largest absolute Gasteiger partial charge is 0.455 e. The SMILES string of the molecule is CNc1snc(C)c1C(=O)OCc1csc(CC(=O)Nc2ccc(C)cc2)n1. The molecular weight excluding hydrogens is 396 g/mol. The summed E-state index contributed by atoms with van der Waals surface area (Å²) < 4.78 is 9.51. The standard InChI is InChI=1S/C19H20N4O3S2/c1-11-4-6-13(7-5-11)21-15(24)8-16-22-14(10-27-16)9-26-19(25)17-12(2)23-28-18(17)20-3/h4-7,10,20H,8-9H2,1-3H3,(H,21,24). The van der Waals surface area contributed by atoms with E-state index in [2.05, 4.69) is 20.0 Å². The number of esters is 1. The molecule has 28 heavy (non-hydrogen) atoms. The first-order valence-electron chi connectivity index (χ1n) is 8.57. The van der Waals surface area contributed by atoms with Crippen molar-refractivity contribution < 1.29 is 14.3 Å². The lowest BCUT2D eigenvalue weighted by atomic mass is 10.2. The summed E-state index contributed by atoms with van der Waals surface area (Å²) in [5.74, 6) is -0.581. The highest BCUT2D eigenvalue weighted by molar-refractivity contribution is 7.10. The first-order chi connectivity index (χ1) is 13.5. The van der Waals surface area contributed by atoms with Crippen LogP contribution in [-0.4, -0.2) is 28.3 Å². The second-order valence-electron chi connectivity index (χ2n) is 6.12. The minimum atomic E-state index is -0.442. The van der Waals surface area contributed by atoms with Gasteiger partial charge in [-0.05, 0) is 37.5 Å². The van der Waals surface area contributed by atoms with Gasteiger partial charge in [-0.3, -0.25) is 4.79 Å². The number of amides is 1. The van der Waals surface area contributed by atoms with E-state index in [4.69, 9.17) is 4.74 Å². The number of carbonyl (C=O) groups excluding carboxylic acids is 2. The topological polar surface area (TPSA) is 93.2 Å². The Morgan fingerprint density at radius 1 is 1.18 bits per heavy atom. The summed E-state index contributed by atoms with van der Waals surface area (Å²) in [5.41, 5.74) is 3.57. The molecule has 7 nitrogen and oxygen atoms in total. The van der Waals surface area contributed by atoms with Crippen LogP contribution in [0.1, 0.15) is 32.3 Å². The number of aryl methyl sites for hydroxylation is 2. The Morgan fingerprint density at radius 3 is 2.64 bits per heavy atom. The van der Waals surface area contributed by atoms with Gasteiger partial charge < -0.3 is 15.4 Å². The molecule has 0 aliphatic rings. The van der Waals surface area contributed by atoms with Gasteiger partial charge in [0, 0.05) is 18.1 Å². The average molecular weight is 417 g/mol. The molecule has 0 saturated heterocycles. The molecule has 0 unspecified atom stereocenters. The van der Waals surface area contributed by atoms with Crippen LogP contribution >= 0.6 is 22.9 Å². The Balaban J connectivity index is 1.54. The third-order valence-corrected chi connectivity index (χ3v) is 5.75. The first-order valence-corrected chi connectivity index (χ1v) is 10.2. The molecule has 3 aromatic rings. The molecular formula is C19H20N4O3S2. The summed E-state index contributed by atoms with van der Waals surface area (Å²) in [7, 11) is 1.73. The van der Waals surface area contributed by atoms with Crippen molar-refractivity contribution in [2.75, 3.05) is 17.7 Å². The number of carbonyl (C=O) groups is 2. The summed E-state index contributed by atoms with van der Waals surface area (Å²) in [4.78, 5) is 28.8. The average Bonchev–Trinajstić information content (AvgIpc) is 3.27. The van der Waals surface area contributed by atoms with E-state index in [1.807, 2.05) is 31.2 Å². The van der Waals surface area contributed by atoms with Crippen LogP contribution in [0.15, 0.2) is 29.6 Å². The number of ether oxygens (including phenoxy) is 1. The fraction of sp³-hybridized carbons (Fsp3) is 0.263. The van der Waals surface area contributed by atoms with Gasteiger partial charge in [-0.1, -0.05) is 17.7 Å². The lowest BCUT2D eigenvalue weighted by molar-refractivity contribution is -0.115. The van der Waals surface area contributed by atoms with Gasteiger partial charge in [0.1, 0.15) is 22.2 Å². The normalized spacial score (nSPS) is 10.5. The predicted octanol–water partition coefficient (Wildman–Crippen LogP) is 3.80. The molecule has 9 heteroatoms. The fourth-order valence-electron chi connectivity index (χ4n) is 2.47. The van der Waals surface area contributed by atoms with Gasteiger partial charge in [-0.2, -0.15) is 4.37 Å². The number of thiazole rings is 1. The van der Waals surface area contributed by atoms with Gasteiger partial charge in [0.25, 0.3) is 0 Å². The number of hydrogen-bond acceptors (Lipinski definition) is 8. The lowest BCUT2D eigenvalue weighted by Gasteiger charge is -2.05. The zero-order valence-electron chi connectivity index (χ0n) is 15.7. The molecule has 0 bridgehead atoms. The molecule has 2 aromatic heterocycles. The molecule has 0 radical (unpaired) electrons. The molecule has 2 N–H and O–H groups in total. The molecule has 146 valence electrons. The fourth-order valence-corrected chi connectivity index (χ4v) is 3.98.